The molecule has 3 rings (SSSR count). The molecule has 0 saturated carbocycles. The minimum Gasteiger partial charge on any atom is -0.497 e. The van der Waals surface area contributed by atoms with E-state index in [1.54, 1.807) is 24.5 Å². The van der Waals surface area contributed by atoms with Crippen molar-refractivity contribution >= 4 is 11.0 Å². The summed E-state index contributed by atoms with van der Waals surface area (Å²) in [6, 6.07) is 8.58. The molecule has 0 amide bonds. The summed E-state index contributed by atoms with van der Waals surface area (Å²) in [5, 5.41) is 0.904. The monoisotopic (exact) mass is 242 g/mol. The van der Waals surface area contributed by atoms with Crippen molar-refractivity contribution in [2.75, 3.05) is 7.11 Å². The summed E-state index contributed by atoms with van der Waals surface area (Å²) >= 11 is 0. The first kappa shape index (κ1) is 10.8. The highest BCUT2D eigenvalue weighted by atomic mass is 19.1. The maximum Gasteiger partial charge on any atom is 0.137 e. The zero-order valence-electron chi connectivity index (χ0n) is 9.77. The Morgan fingerprint density at radius 2 is 2.11 bits per heavy atom. The molecular weight excluding hydrogens is 231 g/mol. The van der Waals surface area contributed by atoms with Crippen molar-refractivity contribution < 1.29 is 9.13 Å². The van der Waals surface area contributed by atoms with Crippen LogP contribution >= 0.6 is 0 Å². The smallest absolute Gasteiger partial charge is 0.137 e. The third kappa shape index (κ3) is 1.62. The fraction of sp³-hybridized carbons (Fsp3) is 0.0714. The van der Waals surface area contributed by atoms with E-state index in [0.717, 1.165) is 16.6 Å². The molecule has 0 aliphatic rings. The average molecular weight is 242 g/mol. The van der Waals surface area contributed by atoms with Crippen molar-refractivity contribution in [3.05, 3.63) is 48.5 Å². The second kappa shape index (κ2) is 4.14. The average Bonchev–Trinajstić information content (AvgIpc) is 2.82. The summed E-state index contributed by atoms with van der Waals surface area (Å²) in [5.41, 5.74) is 2.09. The zero-order chi connectivity index (χ0) is 12.5. The van der Waals surface area contributed by atoms with E-state index in [2.05, 4.69) is 9.97 Å². The van der Waals surface area contributed by atoms with Gasteiger partial charge in [-0.25, -0.2) is 9.37 Å². The van der Waals surface area contributed by atoms with Crippen LogP contribution < -0.4 is 4.74 Å². The Bertz CT molecular complexity index is 706. The van der Waals surface area contributed by atoms with Gasteiger partial charge in [-0.15, -0.1) is 0 Å². The number of H-pyrrole nitrogens is 1. The number of hydrogen-bond acceptors (Lipinski definition) is 2. The van der Waals surface area contributed by atoms with Crippen LogP contribution in [0.1, 0.15) is 0 Å². The van der Waals surface area contributed by atoms with E-state index >= 15 is 0 Å². The molecule has 0 atom stereocenters. The highest BCUT2D eigenvalue weighted by Crippen LogP contribution is 2.31. The third-order valence-electron chi connectivity index (χ3n) is 2.92. The van der Waals surface area contributed by atoms with Gasteiger partial charge in [0.15, 0.2) is 0 Å². The second-order valence-electron chi connectivity index (χ2n) is 3.95. The molecule has 0 aliphatic heterocycles. The molecule has 0 bridgehead atoms. The van der Waals surface area contributed by atoms with E-state index in [4.69, 9.17) is 4.74 Å². The first-order valence-corrected chi connectivity index (χ1v) is 5.55. The number of aromatic amines is 1. The number of nitrogens with zero attached hydrogens (tertiary/aromatic N) is 1. The van der Waals surface area contributed by atoms with Crippen molar-refractivity contribution in [1.82, 2.24) is 9.97 Å². The van der Waals surface area contributed by atoms with E-state index < -0.39 is 0 Å². The van der Waals surface area contributed by atoms with Crippen LogP contribution in [-0.4, -0.2) is 17.1 Å². The van der Waals surface area contributed by atoms with Gasteiger partial charge in [0.25, 0.3) is 0 Å². The molecule has 3 nitrogen and oxygen atoms in total. The molecule has 1 aromatic carbocycles. The molecule has 0 unspecified atom stereocenters. The Hall–Kier alpha value is -2.36. The summed E-state index contributed by atoms with van der Waals surface area (Å²) in [6.07, 6.45) is 3.47. The van der Waals surface area contributed by atoms with Gasteiger partial charge in [0, 0.05) is 35.0 Å². The van der Waals surface area contributed by atoms with Gasteiger partial charge in [0.1, 0.15) is 17.2 Å². The number of methoxy groups -OCH3 is 1. The van der Waals surface area contributed by atoms with Gasteiger partial charge in [0.05, 0.1) is 7.11 Å². The molecular formula is C14H11FN2O. The zero-order valence-corrected chi connectivity index (χ0v) is 9.77. The number of rotatable bonds is 2. The van der Waals surface area contributed by atoms with Crippen LogP contribution in [0.4, 0.5) is 4.39 Å². The van der Waals surface area contributed by atoms with Gasteiger partial charge in [-0.05, 0) is 24.3 Å². The van der Waals surface area contributed by atoms with Crippen molar-refractivity contribution in [3.63, 3.8) is 0 Å². The summed E-state index contributed by atoms with van der Waals surface area (Å²) < 4.78 is 19.0. The first-order valence-electron chi connectivity index (χ1n) is 5.55. The lowest BCUT2D eigenvalue weighted by atomic mass is 10.1. The molecule has 2 aromatic heterocycles. The number of halogens is 1. The van der Waals surface area contributed by atoms with Crippen LogP contribution in [0.15, 0.2) is 42.7 Å². The molecule has 2 heterocycles. The van der Waals surface area contributed by atoms with Gasteiger partial charge in [-0.3, -0.25) is 0 Å². The Balaban J connectivity index is 2.20. The quantitative estimate of drug-likeness (QED) is 0.748. The standard InChI is InChI=1S/C14H11FN2O/c1-18-9-4-5-10(13(15)7-9)12-8-17-14-11(12)3-2-6-16-14/h2-8H,1H3,(H,16,17). The van der Waals surface area contributed by atoms with Gasteiger partial charge in [0.2, 0.25) is 0 Å². The fourth-order valence-corrected chi connectivity index (χ4v) is 2.02. The van der Waals surface area contributed by atoms with Gasteiger partial charge >= 0.3 is 0 Å². The first-order chi connectivity index (χ1) is 8.79. The molecule has 0 spiro atoms. The maximum absolute atomic E-state index is 14.0. The molecule has 3 aromatic rings. The lowest BCUT2D eigenvalue weighted by Gasteiger charge is -2.04. The van der Waals surface area contributed by atoms with Crippen LogP contribution in [-0.2, 0) is 0 Å². The number of fused-ring (bicyclic) bond motifs is 1. The minimum atomic E-state index is -0.306. The largest absolute Gasteiger partial charge is 0.497 e. The van der Waals surface area contributed by atoms with E-state index in [0.29, 0.717) is 11.3 Å². The van der Waals surface area contributed by atoms with Crippen molar-refractivity contribution in [2.24, 2.45) is 0 Å². The summed E-state index contributed by atoms with van der Waals surface area (Å²) in [5.74, 6) is 0.202. The summed E-state index contributed by atoms with van der Waals surface area (Å²) in [4.78, 5) is 7.22. The van der Waals surface area contributed by atoms with Crippen molar-refractivity contribution in [3.8, 4) is 16.9 Å². The SMILES string of the molecule is COc1ccc(-c2c[nH]c3ncccc23)c(F)c1. The predicted molar refractivity (Wildman–Crippen MR) is 68.0 cm³/mol. The second-order valence-corrected chi connectivity index (χ2v) is 3.95. The topological polar surface area (TPSA) is 37.9 Å². The Morgan fingerprint density at radius 3 is 2.89 bits per heavy atom. The number of benzene rings is 1. The van der Waals surface area contributed by atoms with Crippen LogP contribution in [0.25, 0.3) is 22.2 Å². The molecule has 18 heavy (non-hydrogen) atoms. The van der Waals surface area contributed by atoms with Crippen molar-refractivity contribution in [1.29, 1.82) is 0 Å². The number of pyridine rings is 1. The van der Waals surface area contributed by atoms with Crippen LogP contribution in [0, 0.1) is 5.82 Å². The Kier molecular flexibility index (Phi) is 2.48. The number of ether oxygens (including phenoxy) is 1. The lowest BCUT2D eigenvalue weighted by molar-refractivity contribution is 0.411. The summed E-state index contributed by atoms with van der Waals surface area (Å²) in [7, 11) is 1.52. The molecule has 90 valence electrons. The van der Waals surface area contributed by atoms with Crippen LogP contribution in [0.5, 0.6) is 5.75 Å². The van der Waals surface area contributed by atoms with E-state index in [9.17, 15) is 4.39 Å². The van der Waals surface area contributed by atoms with E-state index in [1.807, 2.05) is 12.1 Å². The van der Waals surface area contributed by atoms with Gasteiger partial charge in [-0.2, -0.15) is 0 Å². The molecule has 1 N–H and O–H groups in total. The van der Waals surface area contributed by atoms with Gasteiger partial charge < -0.3 is 9.72 Å². The Morgan fingerprint density at radius 1 is 1.22 bits per heavy atom. The van der Waals surface area contributed by atoms with Crippen molar-refractivity contribution in [2.45, 2.75) is 0 Å². The minimum absolute atomic E-state index is 0.306. The van der Waals surface area contributed by atoms with Crippen LogP contribution in [0.2, 0.25) is 0 Å². The maximum atomic E-state index is 14.0. The highest BCUT2D eigenvalue weighted by molar-refractivity contribution is 5.93. The van der Waals surface area contributed by atoms with E-state index in [-0.39, 0.29) is 5.82 Å². The third-order valence-corrected chi connectivity index (χ3v) is 2.92. The normalized spacial score (nSPS) is 10.8. The summed E-state index contributed by atoms with van der Waals surface area (Å²) in [6.45, 7) is 0. The number of aromatic nitrogens is 2. The highest BCUT2D eigenvalue weighted by Gasteiger charge is 2.11. The lowest BCUT2D eigenvalue weighted by Crippen LogP contribution is -1.87. The Labute approximate surface area is 103 Å². The molecule has 0 radical (unpaired) electrons. The van der Waals surface area contributed by atoms with Gasteiger partial charge in [-0.1, -0.05) is 0 Å². The molecule has 0 fully saturated rings. The molecule has 4 heteroatoms. The fourth-order valence-electron chi connectivity index (χ4n) is 2.02. The molecule has 0 aliphatic carbocycles. The number of nitrogens with one attached hydrogen (secondary N) is 1. The van der Waals surface area contributed by atoms with Crippen LogP contribution in [0.3, 0.4) is 0 Å². The number of hydrogen-bond donors (Lipinski definition) is 1. The molecule has 0 saturated heterocycles. The van der Waals surface area contributed by atoms with E-state index in [1.165, 1.54) is 13.2 Å². The predicted octanol–water partition coefficient (Wildman–Crippen LogP) is 3.38.